The van der Waals surface area contributed by atoms with Crippen LogP contribution in [0.25, 0.3) is 0 Å². The van der Waals surface area contributed by atoms with Crippen LogP contribution in [0, 0.1) is 11.6 Å². The van der Waals surface area contributed by atoms with Gasteiger partial charge in [-0.2, -0.15) is 4.98 Å². The van der Waals surface area contributed by atoms with Crippen LogP contribution >= 0.6 is 0 Å². The molecule has 1 aromatic carbocycles. The maximum absolute atomic E-state index is 13.3. The van der Waals surface area contributed by atoms with Crippen molar-refractivity contribution in [1.29, 1.82) is 0 Å². The summed E-state index contributed by atoms with van der Waals surface area (Å²) in [5.41, 5.74) is -0.170. The summed E-state index contributed by atoms with van der Waals surface area (Å²) >= 11 is 0. The molecule has 0 saturated heterocycles. The molecule has 0 aliphatic carbocycles. The maximum Gasteiger partial charge on any atom is 0.315 e. The van der Waals surface area contributed by atoms with Crippen molar-refractivity contribution >= 4 is 17.5 Å². The number of nitrogens with zero attached hydrogens (tertiary/aromatic N) is 2. The number of aromatic nitrogens is 2. The Labute approximate surface area is 117 Å². The molecule has 0 aliphatic rings. The van der Waals surface area contributed by atoms with E-state index >= 15 is 0 Å². The van der Waals surface area contributed by atoms with Gasteiger partial charge < -0.3 is 15.2 Å². The Balaban J connectivity index is 2.01. The molecule has 2 amide bonds. The van der Waals surface area contributed by atoms with Gasteiger partial charge in [-0.15, -0.1) is 0 Å². The zero-order chi connectivity index (χ0) is 15.4. The number of rotatable bonds is 4. The lowest BCUT2D eigenvalue weighted by atomic mass is 10.3. The second-order valence-electron chi connectivity index (χ2n) is 3.94. The number of nitrogens with one attached hydrogen (secondary N) is 2. The van der Waals surface area contributed by atoms with Crippen LogP contribution in [0.2, 0.25) is 0 Å². The molecule has 0 atom stereocenters. The summed E-state index contributed by atoms with van der Waals surface area (Å²) in [6.07, 6.45) is -0.322. The van der Waals surface area contributed by atoms with E-state index in [1.165, 1.54) is 7.05 Å². The normalized spacial score (nSPS) is 10.2. The van der Waals surface area contributed by atoms with E-state index in [1.54, 1.807) is 0 Å². The van der Waals surface area contributed by atoms with E-state index in [2.05, 4.69) is 25.3 Å². The first-order valence-electron chi connectivity index (χ1n) is 5.79. The van der Waals surface area contributed by atoms with E-state index < -0.39 is 23.4 Å². The molecule has 0 aliphatic heterocycles. The quantitative estimate of drug-likeness (QED) is 0.873. The van der Waals surface area contributed by atoms with Gasteiger partial charge in [-0.25, -0.2) is 8.78 Å². The van der Waals surface area contributed by atoms with Crippen LogP contribution in [0.1, 0.15) is 16.5 Å². The summed E-state index contributed by atoms with van der Waals surface area (Å²) in [6, 6.07) is 2.75. The monoisotopic (exact) mass is 296 g/mol. The first kappa shape index (κ1) is 14.6. The Morgan fingerprint density at radius 2 is 2.10 bits per heavy atom. The smallest absolute Gasteiger partial charge is 0.315 e. The van der Waals surface area contributed by atoms with Crippen molar-refractivity contribution in [1.82, 2.24) is 15.5 Å². The highest BCUT2D eigenvalue weighted by Crippen LogP contribution is 2.15. The number of amides is 2. The SMILES string of the molecule is CNC(=O)c1nc(CC(=O)Nc2ccc(F)cc2F)no1. The Morgan fingerprint density at radius 3 is 2.76 bits per heavy atom. The predicted octanol–water partition coefficient (Wildman–Crippen LogP) is 0.889. The molecule has 1 heterocycles. The highest BCUT2D eigenvalue weighted by molar-refractivity contribution is 5.92. The Kier molecular flexibility index (Phi) is 4.21. The molecule has 0 saturated carbocycles. The summed E-state index contributed by atoms with van der Waals surface area (Å²) in [6.45, 7) is 0. The molecule has 0 fully saturated rings. The van der Waals surface area contributed by atoms with Gasteiger partial charge in [0.1, 0.15) is 11.6 Å². The maximum atomic E-state index is 13.3. The first-order chi connectivity index (χ1) is 9.99. The molecule has 0 radical (unpaired) electrons. The number of benzene rings is 1. The van der Waals surface area contributed by atoms with Gasteiger partial charge in [0.2, 0.25) is 5.91 Å². The minimum Gasteiger partial charge on any atom is -0.351 e. The average molecular weight is 296 g/mol. The van der Waals surface area contributed by atoms with E-state index in [1.807, 2.05) is 0 Å². The lowest BCUT2D eigenvalue weighted by Gasteiger charge is -2.04. The highest BCUT2D eigenvalue weighted by atomic mass is 19.1. The van der Waals surface area contributed by atoms with Crippen molar-refractivity contribution in [2.24, 2.45) is 0 Å². The van der Waals surface area contributed by atoms with Gasteiger partial charge in [0, 0.05) is 13.1 Å². The van der Waals surface area contributed by atoms with E-state index in [4.69, 9.17) is 0 Å². The molecule has 2 rings (SSSR count). The number of anilines is 1. The summed E-state index contributed by atoms with van der Waals surface area (Å²) in [4.78, 5) is 26.6. The zero-order valence-corrected chi connectivity index (χ0v) is 10.8. The Morgan fingerprint density at radius 1 is 1.33 bits per heavy atom. The third kappa shape index (κ3) is 3.59. The summed E-state index contributed by atoms with van der Waals surface area (Å²) in [5, 5.41) is 7.96. The highest BCUT2D eigenvalue weighted by Gasteiger charge is 2.16. The van der Waals surface area contributed by atoms with Gasteiger partial charge in [-0.05, 0) is 12.1 Å². The van der Waals surface area contributed by atoms with Crippen molar-refractivity contribution < 1.29 is 22.9 Å². The Bertz CT molecular complexity index is 687. The third-order valence-electron chi connectivity index (χ3n) is 2.41. The van der Waals surface area contributed by atoms with Crippen LogP contribution in [0.4, 0.5) is 14.5 Å². The van der Waals surface area contributed by atoms with Gasteiger partial charge in [0.15, 0.2) is 5.82 Å². The third-order valence-corrected chi connectivity index (χ3v) is 2.41. The van der Waals surface area contributed by atoms with Crippen LogP contribution in [0.5, 0.6) is 0 Å². The molecule has 2 aromatic rings. The van der Waals surface area contributed by atoms with Crippen molar-refractivity contribution in [3.05, 3.63) is 41.5 Å². The minimum absolute atomic E-state index is 0.0337. The van der Waals surface area contributed by atoms with Crippen LogP contribution in [-0.4, -0.2) is 29.0 Å². The fourth-order valence-electron chi connectivity index (χ4n) is 1.45. The van der Waals surface area contributed by atoms with Gasteiger partial charge in [-0.3, -0.25) is 9.59 Å². The van der Waals surface area contributed by atoms with Crippen LogP contribution in [0.15, 0.2) is 22.7 Å². The largest absolute Gasteiger partial charge is 0.351 e. The number of carbonyl (C=O) groups excluding carboxylic acids is 2. The molecule has 2 N–H and O–H groups in total. The molecule has 9 heteroatoms. The van der Waals surface area contributed by atoms with Crippen molar-refractivity contribution in [2.45, 2.75) is 6.42 Å². The van der Waals surface area contributed by atoms with Gasteiger partial charge in [-0.1, -0.05) is 5.16 Å². The molecule has 0 spiro atoms. The van der Waals surface area contributed by atoms with Crippen molar-refractivity contribution in [2.75, 3.05) is 12.4 Å². The van der Waals surface area contributed by atoms with Crippen molar-refractivity contribution in [3.8, 4) is 0 Å². The minimum atomic E-state index is -0.900. The predicted molar refractivity (Wildman–Crippen MR) is 66.4 cm³/mol. The second-order valence-corrected chi connectivity index (χ2v) is 3.94. The van der Waals surface area contributed by atoms with Crippen LogP contribution < -0.4 is 10.6 Å². The van der Waals surface area contributed by atoms with Gasteiger partial charge >= 0.3 is 11.8 Å². The summed E-state index contributed by atoms with van der Waals surface area (Å²) in [5.74, 6) is -3.19. The van der Waals surface area contributed by atoms with E-state index in [0.717, 1.165) is 12.1 Å². The van der Waals surface area contributed by atoms with E-state index in [0.29, 0.717) is 6.07 Å². The molecule has 0 bridgehead atoms. The first-order valence-corrected chi connectivity index (χ1v) is 5.79. The molecule has 21 heavy (non-hydrogen) atoms. The topological polar surface area (TPSA) is 97.1 Å². The molecule has 1 aromatic heterocycles. The molecule has 0 unspecified atom stereocenters. The average Bonchev–Trinajstić information content (AvgIpc) is 2.89. The van der Waals surface area contributed by atoms with Gasteiger partial charge in [0.25, 0.3) is 0 Å². The van der Waals surface area contributed by atoms with Crippen molar-refractivity contribution in [3.63, 3.8) is 0 Å². The number of halogens is 2. The molecular formula is C12H10F2N4O3. The van der Waals surface area contributed by atoms with Gasteiger partial charge in [0.05, 0.1) is 12.1 Å². The molecular weight excluding hydrogens is 286 g/mol. The van der Waals surface area contributed by atoms with Crippen LogP contribution in [-0.2, 0) is 11.2 Å². The lowest BCUT2D eigenvalue weighted by molar-refractivity contribution is -0.115. The standard InChI is InChI=1S/C12H10F2N4O3/c1-15-11(20)12-17-9(18-21-12)5-10(19)16-8-3-2-6(13)4-7(8)14/h2-4H,5H2,1H3,(H,15,20)(H,16,19). The van der Waals surface area contributed by atoms with E-state index in [-0.39, 0.29) is 23.8 Å². The number of hydrogen-bond donors (Lipinski definition) is 2. The second kappa shape index (κ2) is 6.07. The van der Waals surface area contributed by atoms with E-state index in [9.17, 15) is 18.4 Å². The van der Waals surface area contributed by atoms with Crippen LogP contribution in [0.3, 0.4) is 0 Å². The number of carbonyl (C=O) groups is 2. The lowest BCUT2D eigenvalue weighted by Crippen LogP contribution is -2.19. The fourth-order valence-corrected chi connectivity index (χ4v) is 1.45. The zero-order valence-electron chi connectivity index (χ0n) is 10.8. The Hall–Kier alpha value is -2.84. The molecule has 110 valence electrons. The summed E-state index contributed by atoms with van der Waals surface area (Å²) in [7, 11) is 1.39. The molecule has 7 nitrogen and oxygen atoms in total. The fraction of sp³-hybridized carbons (Fsp3) is 0.167. The summed E-state index contributed by atoms with van der Waals surface area (Å²) < 4.78 is 30.7. The number of hydrogen-bond acceptors (Lipinski definition) is 5.